The van der Waals surface area contributed by atoms with E-state index in [9.17, 15) is 0 Å². The van der Waals surface area contributed by atoms with Crippen molar-refractivity contribution in [3.63, 3.8) is 0 Å². The van der Waals surface area contributed by atoms with Crippen LogP contribution in [0.2, 0.25) is 0 Å². The average molecular weight is 504 g/mol. The van der Waals surface area contributed by atoms with E-state index < -0.39 is 0 Å². The second-order valence-electron chi connectivity index (χ2n) is 7.15. The lowest BCUT2D eigenvalue weighted by Crippen LogP contribution is -3.00. The first-order valence-corrected chi connectivity index (χ1v) is 6.90. The molecule has 0 fully saturated rings. The van der Waals surface area contributed by atoms with Gasteiger partial charge in [0.1, 0.15) is 5.69 Å². The lowest BCUT2D eigenvalue weighted by molar-refractivity contribution is -0.870. The van der Waals surface area contributed by atoms with Gasteiger partial charge in [0.25, 0.3) is 0 Å². The Morgan fingerprint density at radius 3 is 1.65 bits per heavy atom. The van der Waals surface area contributed by atoms with Crippen LogP contribution in [0.15, 0.2) is 24.3 Å². The summed E-state index contributed by atoms with van der Waals surface area (Å²) in [6.07, 6.45) is 3.80. The van der Waals surface area contributed by atoms with Crippen molar-refractivity contribution >= 4 is 5.69 Å². The van der Waals surface area contributed by atoms with E-state index in [1.807, 2.05) is 0 Å². The molecule has 1 aromatic carbocycles. The quantitative estimate of drug-likeness (QED) is 0.219. The van der Waals surface area contributed by atoms with Crippen molar-refractivity contribution in [1.82, 2.24) is 4.48 Å². The van der Waals surface area contributed by atoms with Gasteiger partial charge in [0, 0.05) is 0 Å². The van der Waals surface area contributed by atoms with Gasteiger partial charge in [-0.1, -0.05) is 12.1 Å². The van der Waals surface area contributed by atoms with E-state index in [0.717, 1.165) is 8.97 Å². The molecule has 0 unspecified atom stereocenters. The van der Waals surface area contributed by atoms with Gasteiger partial charge in [-0.05, 0) is 37.0 Å². The van der Waals surface area contributed by atoms with Gasteiger partial charge < -0.3 is 52.4 Å². The highest BCUT2D eigenvalue weighted by molar-refractivity contribution is 5.42. The number of unbranched alkanes of at least 4 members (excludes halogenated alkanes) is 1. The molecule has 0 aliphatic carbocycles. The Bertz CT molecular complexity index is 362. The molecule has 0 radical (unpaired) electrons. The van der Waals surface area contributed by atoms with Crippen LogP contribution in [0.3, 0.4) is 0 Å². The van der Waals surface area contributed by atoms with Crippen LogP contribution in [0.4, 0.5) is 5.69 Å². The summed E-state index contributed by atoms with van der Waals surface area (Å²) >= 11 is 0. The average Bonchev–Trinajstić information content (AvgIpc) is 2.22. The predicted molar refractivity (Wildman–Crippen MR) is 81.8 cm³/mol. The first-order chi connectivity index (χ1) is 8.18. The molecule has 4 heteroatoms. The summed E-state index contributed by atoms with van der Waals surface area (Å²) < 4.78 is 1.96. The topological polar surface area (TPSA) is 0 Å². The maximum Gasteiger partial charge on any atom is 0.132 e. The Balaban J connectivity index is 0. The number of hydrogen-bond donors (Lipinski definition) is 0. The number of benzene rings is 1. The molecular weight excluding hydrogens is 474 g/mol. The van der Waals surface area contributed by atoms with Gasteiger partial charge >= 0.3 is 0 Å². The Morgan fingerprint density at radius 1 is 0.750 bits per heavy atom. The molecule has 0 bridgehead atoms. The van der Waals surface area contributed by atoms with Crippen LogP contribution in [0, 0.1) is 0 Å². The maximum atomic E-state index is 2.28. The molecule has 1 aromatic rings. The molecule has 0 aromatic heterocycles. The number of rotatable bonds is 6. The van der Waals surface area contributed by atoms with Gasteiger partial charge in [0.2, 0.25) is 0 Å². The summed E-state index contributed by atoms with van der Waals surface area (Å²) in [5.41, 5.74) is 2.83. The number of hydrogen-bond acceptors (Lipinski definition) is 0. The summed E-state index contributed by atoms with van der Waals surface area (Å²) in [7, 11) is 13.4. The molecule has 0 saturated carbocycles. The van der Waals surface area contributed by atoms with Gasteiger partial charge in [0.15, 0.2) is 0 Å². The van der Waals surface area contributed by atoms with Crippen molar-refractivity contribution in [3.05, 3.63) is 29.8 Å². The third-order valence-corrected chi connectivity index (χ3v) is 3.26. The fourth-order valence-corrected chi connectivity index (χ4v) is 2.03. The van der Waals surface area contributed by atoms with Gasteiger partial charge in [-0.2, -0.15) is 0 Å². The summed E-state index contributed by atoms with van der Waals surface area (Å²) in [5.74, 6) is 0. The molecule has 0 aliphatic heterocycles. The SMILES string of the molecule is C[N+](C)(C)CCCCc1ccc([N+](C)(C)C)cc1.[I-].[I-]. The molecule has 0 heterocycles. The highest BCUT2D eigenvalue weighted by atomic mass is 127. The molecule has 20 heavy (non-hydrogen) atoms. The smallest absolute Gasteiger partial charge is 0.132 e. The minimum absolute atomic E-state index is 0. The standard InChI is InChI=1S/C16H30N2.2HI/c1-17(2,3)14-8-7-9-15-10-12-16(13-11-15)18(4,5)6;;/h10-13H,7-9,14H2,1-6H3;2*1H/q+2;;/p-2. The maximum absolute atomic E-state index is 2.28. The number of quaternary nitrogens is 2. The van der Waals surface area contributed by atoms with Crippen LogP contribution in [-0.4, -0.2) is 53.3 Å². The fourth-order valence-electron chi connectivity index (χ4n) is 2.03. The monoisotopic (exact) mass is 504 g/mol. The van der Waals surface area contributed by atoms with Gasteiger partial charge in [-0.3, -0.25) is 4.48 Å². The summed E-state index contributed by atoms with van der Waals surface area (Å²) in [5, 5.41) is 0. The molecule has 0 atom stereocenters. The van der Waals surface area contributed by atoms with E-state index in [0.29, 0.717) is 0 Å². The van der Waals surface area contributed by atoms with Crippen LogP contribution in [0.25, 0.3) is 0 Å². The van der Waals surface area contributed by atoms with E-state index in [-0.39, 0.29) is 48.0 Å². The molecule has 0 spiro atoms. The first kappa shape index (κ1) is 22.9. The van der Waals surface area contributed by atoms with Crippen molar-refractivity contribution in [2.45, 2.75) is 19.3 Å². The van der Waals surface area contributed by atoms with Crippen molar-refractivity contribution in [1.29, 1.82) is 0 Å². The summed E-state index contributed by atoms with van der Waals surface area (Å²) in [6, 6.07) is 9.08. The summed E-state index contributed by atoms with van der Waals surface area (Å²) in [4.78, 5) is 0. The van der Waals surface area contributed by atoms with E-state index in [2.05, 4.69) is 66.6 Å². The Kier molecular flexibility index (Phi) is 11.0. The summed E-state index contributed by atoms with van der Waals surface area (Å²) in [6.45, 7) is 1.26. The normalized spacial score (nSPS) is 11.5. The Hall–Kier alpha value is 0.600. The molecule has 2 nitrogen and oxygen atoms in total. The van der Waals surface area contributed by atoms with Crippen LogP contribution in [-0.2, 0) is 6.42 Å². The van der Waals surface area contributed by atoms with Crippen LogP contribution < -0.4 is 52.4 Å². The lowest BCUT2D eigenvalue weighted by Gasteiger charge is -2.24. The minimum atomic E-state index is 0. The third-order valence-electron chi connectivity index (χ3n) is 3.26. The van der Waals surface area contributed by atoms with Gasteiger partial charge in [0.05, 0.1) is 48.8 Å². The van der Waals surface area contributed by atoms with Crippen molar-refractivity contribution in [2.24, 2.45) is 0 Å². The van der Waals surface area contributed by atoms with Gasteiger partial charge in [-0.25, -0.2) is 0 Å². The van der Waals surface area contributed by atoms with E-state index in [1.54, 1.807) is 0 Å². The molecule has 118 valence electrons. The number of nitrogens with zero attached hydrogens (tertiary/aromatic N) is 2. The molecule has 0 saturated heterocycles. The molecule has 0 aliphatic rings. The van der Waals surface area contributed by atoms with E-state index in [4.69, 9.17) is 0 Å². The highest BCUT2D eigenvalue weighted by Crippen LogP contribution is 2.18. The first-order valence-electron chi connectivity index (χ1n) is 6.90. The largest absolute Gasteiger partial charge is 1.00 e. The Morgan fingerprint density at radius 2 is 1.25 bits per heavy atom. The number of halogens is 2. The zero-order valence-electron chi connectivity index (χ0n) is 13.8. The molecule has 0 amide bonds. The van der Waals surface area contributed by atoms with Crippen LogP contribution in [0.5, 0.6) is 0 Å². The van der Waals surface area contributed by atoms with Crippen molar-refractivity contribution in [3.8, 4) is 0 Å². The second-order valence-corrected chi connectivity index (χ2v) is 7.15. The zero-order valence-corrected chi connectivity index (χ0v) is 18.1. The van der Waals surface area contributed by atoms with Crippen molar-refractivity contribution < 1.29 is 52.4 Å². The lowest BCUT2D eigenvalue weighted by atomic mass is 10.1. The molecule has 0 N–H and O–H groups in total. The highest BCUT2D eigenvalue weighted by Gasteiger charge is 2.11. The third kappa shape index (κ3) is 9.52. The molecular formula is C16H30I2N2. The zero-order chi connectivity index (χ0) is 13.8. The minimum Gasteiger partial charge on any atom is -1.00 e. The Labute approximate surface area is 159 Å². The molecule has 1 rings (SSSR count). The van der Waals surface area contributed by atoms with Gasteiger partial charge in [-0.15, -0.1) is 0 Å². The van der Waals surface area contributed by atoms with Crippen LogP contribution >= 0.6 is 0 Å². The fraction of sp³-hybridized carbons (Fsp3) is 0.625. The van der Waals surface area contributed by atoms with Crippen LogP contribution in [0.1, 0.15) is 18.4 Å². The van der Waals surface area contributed by atoms with E-state index >= 15 is 0 Å². The number of aryl methyl sites for hydroxylation is 1. The predicted octanol–water partition coefficient (Wildman–Crippen LogP) is -3.08. The second kappa shape index (κ2) is 9.58. The van der Waals surface area contributed by atoms with Crippen molar-refractivity contribution in [2.75, 3.05) is 48.8 Å². The van der Waals surface area contributed by atoms with E-state index in [1.165, 1.54) is 37.1 Å².